The number of esters is 1. The van der Waals surface area contributed by atoms with Crippen molar-refractivity contribution in [3.8, 4) is 0 Å². The molecule has 0 rings (SSSR count). The van der Waals surface area contributed by atoms with Crippen molar-refractivity contribution in [3.63, 3.8) is 0 Å². The fourth-order valence-electron chi connectivity index (χ4n) is 1.81. The van der Waals surface area contributed by atoms with Crippen LogP contribution in [0.3, 0.4) is 0 Å². The molecule has 0 saturated carbocycles. The van der Waals surface area contributed by atoms with Gasteiger partial charge in [-0.15, -0.1) is 6.58 Å². The Balaban J connectivity index is 4.54. The van der Waals surface area contributed by atoms with Crippen LogP contribution in [-0.2, 0) is 14.3 Å². The predicted octanol–water partition coefficient (Wildman–Crippen LogP) is 2.64. The normalized spacial score (nSPS) is 12.7. The summed E-state index contributed by atoms with van der Waals surface area (Å²) >= 11 is 0. The summed E-state index contributed by atoms with van der Waals surface area (Å²) in [5, 5.41) is 0. The van der Waals surface area contributed by atoms with Crippen LogP contribution in [0.15, 0.2) is 12.7 Å². The van der Waals surface area contributed by atoms with Crippen LogP contribution in [0.2, 0.25) is 0 Å². The Bertz CT molecular complexity index is 318. The lowest BCUT2D eigenvalue weighted by molar-refractivity contribution is -0.152. The highest BCUT2D eigenvalue weighted by atomic mass is 16.5. The van der Waals surface area contributed by atoms with Crippen molar-refractivity contribution < 1.29 is 14.3 Å². The zero-order chi connectivity index (χ0) is 15.1. The molecule has 0 unspecified atom stereocenters. The number of rotatable bonds is 7. The Labute approximate surface area is 116 Å². The smallest absolute Gasteiger partial charge is 0.309 e. The SMILES string of the molecule is C=CCCCN(C)C(=O)C[C@H](C(=O)OC)C(C)(C)C. The lowest BCUT2D eigenvalue weighted by atomic mass is 9.78. The second-order valence-corrected chi connectivity index (χ2v) is 5.89. The molecule has 0 heterocycles. The lowest BCUT2D eigenvalue weighted by Gasteiger charge is -2.29. The molecule has 0 aromatic carbocycles. The summed E-state index contributed by atoms with van der Waals surface area (Å²) in [4.78, 5) is 25.5. The third-order valence-corrected chi connectivity index (χ3v) is 3.24. The Morgan fingerprint density at radius 2 is 1.95 bits per heavy atom. The number of hydrogen-bond acceptors (Lipinski definition) is 3. The Hall–Kier alpha value is -1.32. The molecule has 0 aliphatic carbocycles. The molecule has 0 aliphatic rings. The van der Waals surface area contributed by atoms with E-state index in [4.69, 9.17) is 4.74 Å². The van der Waals surface area contributed by atoms with Gasteiger partial charge in [-0.2, -0.15) is 0 Å². The van der Waals surface area contributed by atoms with Gasteiger partial charge in [0, 0.05) is 20.0 Å². The first-order valence-electron chi connectivity index (χ1n) is 6.66. The van der Waals surface area contributed by atoms with Crippen molar-refractivity contribution in [2.45, 2.75) is 40.0 Å². The highest BCUT2D eigenvalue weighted by Crippen LogP contribution is 2.30. The van der Waals surface area contributed by atoms with Gasteiger partial charge in [0.2, 0.25) is 5.91 Å². The average molecular weight is 269 g/mol. The van der Waals surface area contributed by atoms with E-state index in [0.29, 0.717) is 6.54 Å². The molecular formula is C15H27NO3. The molecule has 0 spiro atoms. The van der Waals surface area contributed by atoms with Gasteiger partial charge >= 0.3 is 5.97 Å². The van der Waals surface area contributed by atoms with Gasteiger partial charge in [-0.05, 0) is 18.3 Å². The van der Waals surface area contributed by atoms with Crippen molar-refractivity contribution >= 4 is 11.9 Å². The van der Waals surface area contributed by atoms with Crippen LogP contribution in [-0.4, -0.2) is 37.5 Å². The monoisotopic (exact) mass is 269 g/mol. The molecular weight excluding hydrogens is 242 g/mol. The average Bonchev–Trinajstić information content (AvgIpc) is 2.33. The van der Waals surface area contributed by atoms with Crippen molar-refractivity contribution in [3.05, 3.63) is 12.7 Å². The summed E-state index contributed by atoms with van der Waals surface area (Å²) in [5.74, 6) is -0.749. The molecule has 0 fully saturated rings. The third-order valence-electron chi connectivity index (χ3n) is 3.24. The van der Waals surface area contributed by atoms with Crippen LogP contribution >= 0.6 is 0 Å². The van der Waals surface area contributed by atoms with E-state index in [1.54, 1.807) is 11.9 Å². The van der Waals surface area contributed by atoms with Crippen LogP contribution < -0.4 is 0 Å². The summed E-state index contributed by atoms with van der Waals surface area (Å²) in [7, 11) is 3.13. The van der Waals surface area contributed by atoms with Crippen LogP contribution in [0.5, 0.6) is 0 Å². The summed E-state index contributed by atoms with van der Waals surface area (Å²) in [6.07, 6.45) is 3.81. The second kappa shape index (κ2) is 7.97. The third kappa shape index (κ3) is 6.41. The minimum Gasteiger partial charge on any atom is -0.469 e. The summed E-state index contributed by atoms with van der Waals surface area (Å²) in [6.45, 7) is 10.2. The van der Waals surface area contributed by atoms with Crippen molar-refractivity contribution in [2.24, 2.45) is 11.3 Å². The number of hydrogen-bond donors (Lipinski definition) is 0. The van der Waals surface area contributed by atoms with Gasteiger partial charge in [0.1, 0.15) is 0 Å². The minimum atomic E-state index is -0.410. The van der Waals surface area contributed by atoms with E-state index < -0.39 is 5.92 Å². The number of unbranched alkanes of at least 4 members (excludes halogenated alkanes) is 1. The van der Waals surface area contributed by atoms with Gasteiger partial charge < -0.3 is 9.64 Å². The molecule has 0 radical (unpaired) electrons. The van der Waals surface area contributed by atoms with Crippen LogP contribution in [0.25, 0.3) is 0 Å². The molecule has 19 heavy (non-hydrogen) atoms. The van der Waals surface area contributed by atoms with E-state index in [9.17, 15) is 9.59 Å². The minimum absolute atomic E-state index is 0.0191. The highest BCUT2D eigenvalue weighted by molar-refractivity contribution is 5.83. The van der Waals surface area contributed by atoms with E-state index >= 15 is 0 Å². The van der Waals surface area contributed by atoms with Crippen LogP contribution in [0.4, 0.5) is 0 Å². The number of allylic oxidation sites excluding steroid dienone is 1. The molecule has 0 bridgehead atoms. The standard InChI is InChI=1S/C15H27NO3/c1-7-8-9-10-16(5)13(17)11-12(14(18)19-6)15(2,3)4/h7,12H,1,8-11H2,2-6H3/t12-/m1/s1. The van der Waals surface area contributed by atoms with Gasteiger partial charge in [-0.3, -0.25) is 9.59 Å². The molecule has 0 aliphatic heterocycles. The van der Waals surface area contributed by atoms with E-state index in [2.05, 4.69) is 6.58 Å². The molecule has 1 amide bonds. The maximum absolute atomic E-state index is 12.1. The van der Waals surface area contributed by atoms with Crippen molar-refractivity contribution in [1.29, 1.82) is 0 Å². The van der Waals surface area contributed by atoms with Gasteiger partial charge in [-0.1, -0.05) is 26.8 Å². The first-order chi connectivity index (χ1) is 8.73. The summed E-state index contributed by atoms with van der Waals surface area (Å²) in [6, 6.07) is 0. The van der Waals surface area contributed by atoms with E-state index in [1.807, 2.05) is 26.8 Å². The molecule has 4 nitrogen and oxygen atoms in total. The first-order valence-corrected chi connectivity index (χ1v) is 6.66. The zero-order valence-corrected chi connectivity index (χ0v) is 12.9. The van der Waals surface area contributed by atoms with Gasteiger partial charge in [0.25, 0.3) is 0 Å². The van der Waals surface area contributed by atoms with E-state index in [0.717, 1.165) is 12.8 Å². The van der Waals surface area contributed by atoms with E-state index in [-0.39, 0.29) is 23.7 Å². The number of nitrogens with zero attached hydrogens (tertiary/aromatic N) is 1. The van der Waals surface area contributed by atoms with Gasteiger partial charge in [0.15, 0.2) is 0 Å². The molecule has 0 saturated heterocycles. The topological polar surface area (TPSA) is 46.6 Å². The number of carbonyl (C=O) groups excluding carboxylic acids is 2. The highest BCUT2D eigenvalue weighted by Gasteiger charge is 2.34. The van der Waals surface area contributed by atoms with E-state index in [1.165, 1.54) is 7.11 Å². The maximum Gasteiger partial charge on any atom is 0.309 e. The largest absolute Gasteiger partial charge is 0.469 e. The second-order valence-electron chi connectivity index (χ2n) is 5.89. The quantitative estimate of drug-likeness (QED) is 0.405. The van der Waals surface area contributed by atoms with Crippen molar-refractivity contribution in [2.75, 3.05) is 20.7 Å². The Morgan fingerprint density at radius 3 is 2.37 bits per heavy atom. The van der Waals surface area contributed by atoms with Gasteiger partial charge in [-0.25, -0.2) is 0 Å². The zero-order valence-electron chi connectivity index (χ0n) is 12.9. The molecule has 0 aromatic rings. The molecule has 0 aromatic heterocycles. The molecule has 1 atom stereocenters. The Morgan fingerprint density at radius 1 is 1.37 bits per heavy atom. The fraction of sp³-hybridized carbons (Fsp3) is 0.733. The molecule has 4 heteroatoms. The van der Waals surface area contributed by atoms with Gasteiger partial charge in [0.05, 0.1) is 13.0 Å². The Kier molecular flexibility index (Phi) is 7.42. The first kappa shape index (κ1) is 17.7. The van der Waals surface area contributed by atoms with Crippen LogP contribution in [0.1, 0.15) is 40.0 Å². The summed E-state index contributed by atoms with van der Waals surface area (Å²) < 4.78 is 4.80. The lowest BCUT2D eigenvalue weighted by Crippen LogP contribution is -2.36. The van der Waals surface area contributed by atoms with Crippen molar-refractivity contribution in [1.82, 2.24) is 4.90 Å². The predicted molar refractivity (Wildman–Crippen MR) is 76.6 cm³/mol. The number of methoxy groups -OCH3 is 1. The van der Waals surface area contributed by atoms with Crippen LogP contribution in [0, 0.1) is 11.3 Å². The molecule has 0 N–H and O–H groups in total. The maximum atomic E-state index is 12.1. The summed E-state index contributed by atoms with van der Waals surface area (Å²) in [5.41, 5.74) is -0.287. The fourth-order valence-corrected chi connectivity index (χ4v) is 1.81. The number of carbonyl (C=O) groups is 2. The number of amides is 1. The molecule has 110 valence electrons. The number of ether oxygens (including phenoxy) is 1.